The van der Waals surface area contributed by atoms with Crippen molar-refractivity contribution in [1.29, 1.82) is 5.26 Å². The Hall–Kier alpha value is -2.13. The fourth-order valence-corrected chi connectivity index (χ4v) is 2.53. The molecular formula is C13H14N4OS. The van der Waals surface area contributed by atoms with Crippen LogP contribution < -0.4 is 11.1 Å². The molecule has 0 radical (unpaired) electrons. The Balaban J connectivity index is 2.19. The predicted molar refractivity (Wildman–Crippen MR) is 75.8 cm³/mol. The van der Waals surface area contributed by atoms with E-state index in [4.69, 9.17) is 11.0 Å². The van der Waals surface area contributed by atoms with Gasteiger partial charge in [0.1, 0.15) is 0 Å². The van der Waals surface area contributed by atoms with Gasteiger partial charge < -0.3 is 11.1 Å². The van der Waals surface area contributed by atoms with Crippen molar-refractivity contribution in [3.05, 3.63) is 23.8 Å². The first-order valence-corrected chi connectivity index (χ1v) is 6.79. The van der Waals surface area contributed by atoms with Crippen molar-refractivity contribution in [3.63, 3.8) is 0 Å². The number of rotatable bonds is 4. The topological polar surface area (TPSA) is 91.8 Å². The Labute approximate surface area is 115 Å². The van der Waals surface area contributed by atoms with E-state index >= 15 is 0 Å². The number of carbonyl (C=O) groups excluding carboxylic acids is 1. The summed E-state index contributed by atoms with van der Waals surface area (Å²) < 4.78 is 0.887. The second-order valence-corrected chi connectivity index (χ2v) is 5.24. The molecule has 1 amide bonds. The number of hydrogen-bond donors (Lipinski definition) is 2. The van der Waals surface area contributed by atoms with E-state index in [1.165, 1.54) is 11.3 Å². The summed E-state index contributed by atoms with van der Waals surface area (Å²) in [5.74, 6) is -0.170. The number of nitrogen functional groups attached to an aromatic ring is 1. The van der Waals surface area contributed by atoms with Crippen molar-refractivity contribution in [2.45, 2.75) is 25.8 Å². The molecule has 1 unspecified atom stereocenters. The van der Waals surface area contributed by atoms with Crippen LogP contribution in [0.3, 0.4) is 0 Å². The molecule has 1 atom stereocenters. The molecule has 2 aromatic rings. The number of benzene rings is 1. The zero-order valence-corrected chi connectivity index (χ0v) is 11.3. The molecule has 19 heavy (non-hydrogen) atoms. The fraction of sp³-hybridized carbons (Fsp3) is 0.308. The number of carbonyl (C=O) groups is 1. The maximum Gasteiger partial charge on any atom is 0.251 e. The largest absolute Gasteiger partial charge is 0.375 e. The van der Waals surface area contributed by atoms with Crippen molar-refractivity contribution in [1.82, 2.24) is 10.3 Å². The lowest BCUT2D eigenvalue weighted by atomic mass is 10.1. The number of nitriles is 1. The molecule has 0 aliphatic heterocycles. The van der Waals surface area contributed by atoms with Gasteiger partial charge in [-0.3, -0.25) is 4.79 Å². The molecule has 1 heterocycles. The molecule has 3 N–H and O–H groups in total. The van der Waals surface area contributed by atoms with Gasteiger partial charge in [-0.25, -0.2) is 4.98 Å². The summed E-state index contributed by atoms with van der Waals surface area (Å²) in [6.07, 6.45) is 1.05. The van der Waals surface area contributed by atoms with Crippen molar-refractivity contribution in [3.8, 4) is 6.07 Å². The second kappa shape index (κ2) is 5.67. The van der Waals surface area contributed by atoms with Crippen LogP contribution in [-0.4, -0.2) is 16.9 Å². The summed E-state index contributed by atoms with van der Waals surface area (Å²) in [5.41, 5.74) is 6.99. The summed E-state index contributed by atoms with van der Waals surface area (Å²) in [5, 5.41) is 12.0. The number of nitrogens with zero attached hydrogens (tertiary/aromatic N) is 2. The standard InChI is InChI=1S/C13H14N4OS/c1-2-9(5-6-14)16-12(18)8-3-4-10-11(7-8)19-13(15)17-10/h3-4,7,9H,2,5H2,1H3,(H2,15,17)(H,16,18). The molecule has 0 aliphatic rings. The highest BCUT2D eigenvalue weighted by Crippen LogP contribution is 2.24. The van der Waals surface area contributed by atoms with E-state index in [0.29, 0.717) is 17.1 Å². The van der Waals surface area contributed by atoms with E-state index in [-0.39, 0.29) is 11.9 Å². The third-order valence-corrected chi connectivity index (χ3v) is 3.68. The number of amides is 1. The first-order chi connectivity index (χ1) is 9.13. The van der Waals surface area contributed by atoms with Gasteiger partial charge in [-0.1, -0.05) is 18.3 Å². The maximum absolute atomic E-state index is 12.1. The molecule has 5 nitrogen and oxygen atoms in total. The van der Waals surface area contributed by atoms with Crippen LogP contribution in [0, 0.1) is 11.3 Å². The van der Waals surface area contributed by atoms with E-state index in [1.54, 1.807) is 18.2 Å². The highest BCUT2D eigenvalue weighted by molar-refractivity contribution is 7.22. The van der Waals surface area contributed by atoms with Crippen molar-refractivity contribution in [2.75, 3.05) is 5.73 Å². The summed E-state index contributed by atoms with van der Waals surface area (Å²) >= 11 is 1.35. The average molecular weight is 274 g/mol. The Bertz CT molecular complexity index is 644. The van der Waals surface area contributed by atoms with Gasteiger partial charge in [0, 0.05) is 11.6 Å². The van der Waals surface area contributed by atoms with Crippen LogP contribution in [0.2, 0.25) is 0 Å². The lowest BCUT2D eigenvalue weighted by molar-refractivity contribution is 0.0937. The van der Waals surface area contributed by atoms with E-state index in [0.717, 1.165) is 16.6 Å². The molecule has 0 saturated heterocycles. The lowest BCUT2D eigenvalue weighted by Crippen LogP contribution is -2.34. The summed E-state index contributed by atoms with van der Waals surface area (Å²) in [6.45, 7) is 1.94. The molecule has 0 bridgehead atoms. The molecule has 1 aromatic heterocycles. The predicted octanol–water partition coefficient (Wildman–Crippen LogP) is 2.30. The van der Waals surface area contributed by atoms with Gasteiger partial charge in [0.15, 0.2) is 5.13 Å². The molecule has 0 aliphatic carbocycles. The van der Waals surface area contributed by atoms with Crippen LogP contribution in [0.15, 0.2) is 18.2 Å². The van der Waals surface area contributed by atoms with Crippen LogP contribution in [0.1, 0.15) is 30.1 Å². The molecule has 0 saturated carbocycles. The van der Waals surface area contributed by atoms with Crippen LogP contribution in [0.4, 0.5) is 5.13 Å². The van der Waals surface area contributed by atoms with E-state index in [1.807, 2.05) is 6.92 Å². The van der Waals surface area contributed by atoms with Crippen LogP contribution in [-0.2, 0) is 0 Å². The number of nitrogens with one attached hydrogen (secondary N) is 1. The normalized spacial score (nSPS) is 12.0. The Morgan fingerprint density at radius 2 is 2.42 bits per heavy atom. The Morgan fingerprint density at radius 3 is 3.11 bits per heavy atom. The van der Waals surface area contributed by atoms with Gasteiger partial charge in [-0.05, 0) is 24.6 Å². The highest BCUT2D eigenvalue weighted by atomic mass is 32.1. The average Bonchev–Trinajstić information content (AvgIpc) is 2.76. The first-order valence-electron chi connectivity index (χ1n) is 5.98. The van der Waals surface area contributed by atoms with Gasteiger partial charge in [-0.15, -0.1) is 0 Å². The Morgan fingerprint density at radius 1 is 1.63 bits per heavy atom. The number of anilines is 1. The van der Waals surface area contributed by atoms with E-state index in [9.17, 15) is 4.79 Å². The van der Waals surface area contributed by atoms with Gasteiger partial charge >= 0.3 is 0 Å². The SMILES string of the molecule is CCC(CC#N)NC(=O)c1ccc2nc(N)sc2c1. The molecule has 1 aromatic carbocycles. The van der Waals surface area contributed by atoms with E-state index < -0.39 is 0 Å². The smallest absolute Gasteiger partial charge is 0.251 e. The monoisotopic (exact) mass is 274 g/mol. The summed E-state index contributed by atoms with van der Waals surface area (Å²) in [7, 11) is 0. The third-order valence-electron chi connectivity index (χ3n) is 2.83. The van der Waals surface area contributed by atoms with Crippen molar-refractivity contribution >= 4 is 32.6 Å². The van der Waals surface area contributed by atoms with Gasteiger partial charge in [0.25, 0.3) is 5.91 Å². The minimum Gasteiger partial charge on any atom is -0.375 e. The van der Waals surface area contributed by atoms with Gasteiger partial charge in [-0.2, -0.15) is 5.26 Å². The quantitative estimate of drug-likeness (QED) is 0.894. The molecule has 6 heteroatoms. The Kier molecular flexibility index (Phi) is 3.97. The number of nitrogens with two attached hydrogens (primary N) is 1. The minimum absolute atomic E-state index is 0.111. The van der Waals surface area contributed by atoms with Crippen LogP contribution in [0.25, 0.3) is 10.2 Å². The zero-order valence-electron chi connectivity index (χ0n) is 10.5. The highest BCUT2D eigenvalue weighted by Gasteiger charge is 2.13. The third kappa shape index (κ3) is 3.01. The molecule has 98 valence electrons. The molecular weight excluding hydrogens is 260 g/mol. The maximum atomic E-state index is 12.1. The van der Waals surface area contributed by atoms with Crippen LogP contribution >= 0.6 is 11.3 Å². The first kappa shape index (κ1) is 13.3. The zero-order chi connectivity index (χ0) is 13.8. The van der Waals surface area contributed by atoms with Crippen LogP contribution in [0.5, 0.6) is 0 Å². The van der Waals surface area contributed by atoms with Gasteiger partial charge in [0.05, 0.1) is 22.7 Å². The minimum atomic E-state index is -0.170. The number of fused-ring (bicyclic) bond motifs is 1. The molecule has 0 spiro atoms. The summed E-state index contributed by atoms with van der Waals surface area (Å²) in [6, 6.07) is 7.23. The lowest BCUT2D eigenvalue weighted by Gasteiger charge is -2.13. The molecule has 2 rings (SSSR count). The van der Waals surface area contributed by atoms with Crippen molar-refractivity contribution in [2.24, 2.45) is 0 Å². The number of thiazole rings is 1. The summed E-state index contributed by atoms with van der Waals surface area (Å²) in [4.78, 5) is 16.2. The van der Waals surface area contributed by atoms with Crippen molar-refractivity contribution < 1.29 is 4.79 Å². The van der Waals surface area contributed by atoms with E-state index in [2.05, 4.69) is 16.4 Å². The number of aromatic nitrogens is 1. The fourth-order valence-electron chi connectivity index (χ4n) is 1.76. The van der Waals surface area contributed by atoms with Gasteiger partial charge in [0.2, 0.25) is 0 Å². The molecule has 0 fully saturated rings. The second-order valence-electron chi connectivity index (χ2n) is 4.18. The number of hydrogen-bond acceptors (Lipinski definition) is 5.